The Bertz CT molecular complexity index is 1670. The fourth-order valence-electron chi connectivity index (χ4n) is 7.99. The first-order chi connectivity index (χ1) is 31.2. The zero-order chi connectivity index (χ0) is 49.1. The molecular weight excluding hydrogens is 863 g/mol. The molecule has 0 saturated carbocycles. The quantitative estimate of drug-likeness (QED) is 0.171. The molecule has 0 aromatic carbocycles. The van der Waals surface area contributed by atoms with Crippen LogP contribution in [0.25, 0.3) is 0 Å². The Labute approximate surface area is 387 Å². The van der Waals surface area contributed by atoms with E-state index in [1.807, 2.05) is 37.3 Å². The maximum absolute atomic E-state index is 13.1. The Balaban J connectivity index is 1.87. The summed E-state index contributed by atoms with van der Waals surface area (Å²) >= 11 is 0. The number of esters is 2. The summed E-state index contributed by atoms with van der Waals surface area (Å²) in [5.41, 5.74) is 6.05. The number of aliphatic hydroxyl groups is 10. The highest BCUT2D eigenvalue weighted by Gasteiger charge is 2.50. The van der Waals surface area contributed by atoms with E-state index in [0.717, 1.165) is 7.11 Å². The van der Waals surface area contributed by atoms with E-state index < -0.39 is 141 Å². The van der Waals surface area contributed by atoms with Crippen molar-refractivity contribution in [2.45, 2.75) is 177 Å². The minimum atomic E-state index is -1.75. The van der Waals surface area contributed by atoms with Gasteiger partial charge in [0.05, 0.1) is 92.8 Å². The van der Waals surface area contributed by atoms with Crippen LogP contribution >= 0.6 is 0 Å². The summed E-state index contributed by atoms with van der Waals surface area (Å²) in [6.45, 7) is 6.79. The summed E-state index contributed by atoms with van der Waals surface area (Å²) in [6.07, 6.45) is 2.66. The van der Waals surface area contributed by atoms with Crippen LogP contribution in [0, 0.1) is 17.8 Å². The summed E-state index contributed by atoms with van der Waals surface area (Å²) in [4.78, 5) is 25.7. The van der Waals surface area contributed by atoms with Crippen molar-refractivity contribution in [2.24, 2.45) is 23.5 Å². The molecule has 18 heteroatoms. The second kappa shape index (κ2) is 28.8. The van der Waals surface area contributed by atoms with E-state index in [4.69, 9.17) is 29.4 Å². The highest BCUT2D eigenvalue weighted by atomic mass is 16.7. The summed E-state index contributed by atoms with van der Waals surface area (Å²) in [5, 5.41) is 108. The molecule has 2 unspecified atom stereocenters. The average Bonchev–Trinajstić information content (AvgIpc) is 3.26. The van der Waals surface area contributed by atoms with E-state index in [0.29, 0.717) is 0 Å². The zero-order valence-electron chi connectivity index (χ0n) is 38.5. The van der Waals surface area contributed by atoms with E-state index in [2.05, 4.69) is 0 Å². The van der Waals surface area contributed by atoms with Gasteiger partial charge in [0.1, 0.15) is 24.2 Å². The lowest BCUT2D eigenvalue weighted by Crippen LogP contribution is -2.62. The number of rotatable bonds is 3. The van der Waals surface area contributed by atoms with Crippen molar-refractivity contribution in [1.29, 1.82) is 0 Å². The van der Waals surface area contributed by atoms with Gasteiger partial charge < -0.3 is 80.5 Å². The van der Waals surface area contributed by atoms with Gasteiger partial charge in [0.2, 0.25) is 0 Å². The van der Waals surface area contributed by atoms with Crippen LogP contribution in [-0.4, -0.2) is 174 Å². The van der Waals surface area contributed by atoms with Gasteiger partial charge in [-0.3, -0.25) is 9.59 Å². The number of allylic oxidation sites excluding steroid dienone is 12. The first kappa shape index (κ1) is 56.9. The second-order valence-electron chi connectivity index (χ2n) is 17.6. The number of carbonyl (C=O) groups excluding carboxylic acids is 2. The molecule has 3 heterocycles. The van der Waals surface area contributed by atoms with Crippen LogP contribution in [0.5, 0.6) is 0 Å². The van der Waals surface area contributed by atoms with E-state index >= 15 is 0 Å². The van der Waals surface area contributed by atoms with Gasteiger partial charge in [-0.15, -0.1) is 0 Å². The molecule has 374 valence electrons. The van der Waals surface area contributed by atoms with Crippen LogP contribution in [0.2, 0.25) is 0 Å². The van der Waals surface area contributed by atoms with Crippen LogP contribution in [0.3, 0.4) is 0 Å². The SMILES string of the molecule is COC(=O)[C@@H]1[C@@H](O)[C@H](O)C2C[C@@H](O)C[C@@H](O)[C@H](O)CC[C@@H](O)C[C@@H](O)CC(=O)O[C@@H](C)[C@H](C)[C@H](O)[C@@H](C)/C=C/C=C/C=C/C=C/C=C/C=C/C=C/[C@H](OC3O[C@H](C)[C@@H](O)[C@H](N)[C@@H]3O)C[C@@H]1O2. The smallest absolute Gasteiger partial charge is 0.314 e. The number of fused-ring (bicyclic) bond motifs is 2. The molecule has 66 heavy (non-hydrogen) atoms. The van der Waals surface area contributed by atoms with Gasteiger partial charge in [-0.25, -0.2) is 0 Å². The molecule has 0 aliphatic carbocycles. The average molecular weight is 938 g/mol. The predicted molar refractivity (Wildman–Crippen MR) is 242 cm³/mol. The van der Waals surface area contributed by atoms with Crippen LogP contribution in [-0.2, 0) is 33.3 Å². The molecule has 18 nitrogen and oxygen atoms in total. The topological polar surface area (TPSA) is 309 Å². The van der Waals surface area contributed by atoms with Gasteiger partial charge in [-0.2, -0.15) is 0 Å². The molecule has 0 aromatic heterocycles. The summed E-state index contributed by atoms with van der Waals surface area (Å²) < 4.78 is 28.5. The third-order valence-corrected chi connectivity index (χ3v) is 12.3. The molecule has 2 saturated heterocycles. The Morgan fingerprint density at radius 3 is 1.76 bits per heavy atom. The molecule has 0 spiro atoms. The first-order valence-electron chi connectivity index (χ1n) is 22.7. The first-order valence-corrected chi connectivity index (χ1v) is 22.7. The minimum Gasteiger partial charge on any atom is -0.469 e. The number of hydrogen-bond acceptors (Lipinski definition) is 18. The van der Waals surface area contributed by atoms with Gasteiger partial charge in [0.25, 0.3) is 0 Å². The van der Waals surface area contributed by atoms with E-state index in [9.17, 15) is 60.7 Å². The molecule has 2 bridgehead atoms. The van der Waals surface area contributed by atoms with Crippen LogP contribution in [0.4, 0.5) is 0 Å². The standard InChI is InChI=1S/C48H75NO17/c1-27-18-16-14-12-10-8-6-7-9-11-13-15-17-19-34(65-48-46(60)41(49)43(57)30(4)64-48)26-37-40(47(61)62-5)45(59)44(58)38(66-37)24-33(52)23-36(54)35(53)21-20-31(50)22-32(51)25-39(55)63-29(3)28(2)42(27)56/h6-19,27-38,40-46,48,50-54,56-60H,20-26,49H2,1-5H3/b7-6+,10-8+,11-9+,14-12+,15-13+,18-16+,19-17+/t27-,28-,29-,30+,31+,32+,33-,34-,35+,36+,37-,38?,40-,41-,42+,43+,44+,45+,46-,48?/m0/s1. The molecule has 3 aliphatic heterocycles. The zero-order valence-corrected chi connectivity index (χ0v) is 38.5. The van der Waals surface area contributed by atoms with Crippen molar-refractivity contribution in [2.75, 3.05) is 7.11 Å². The van der Waals surface area contributed by atoms with E-state index in [1.54, 1.807) is 75.5 Å². The van der Waals surface area contributed by atoms with Crippen molar-refractivity contribution in [1.82, 2.24) is 0 Å². The normalized spacial score (nSPS) is 44.9. The monoisotopic (exact) mass is 938 g/mol. The fourth-order valence-corrected chi connectivity index (χ4v) is 7.99. The molecule has 0 aromatic rings. The Morgan fingerprint density at radius 1 is 0.591 bits per heavy atom. The fraction of sp³-hybridized carbons (Fsp3) is 0.667. The van der Waals surface area contributed by atoms with Gasteiger partial charge in [0, 0.05) is 31.1 Å². The number of methoxy groups -OCH3 is 1. The third kappa shape index (κ3) is 18.2. The van der Waals surface area contributed by atoms with Crippen molar-refractivity contribution in [3.8, 4) is 0 Å². The second-order valence-corrected chi connectivity index (χ2v) is 17.6. The maximum Gasteiger partial charge on any atom is 0.314 e. The molecule has 20 atom stereocenters. The van der Waals surface area contributed by atoms with Gasteiger partial charge in [-0.05, 0) is 33.1 Å². The lowest BCUT2D eigenvalue weighted by molar-refractivity contribution is -0.281. The molecule has 0 radical (unpaired) electrons. The number of nitrogens with two attached hydrogens (primary N) is 1. The molecule has 3 rings (SSSR count). The molecule has 0 amide bonds. The minimum absolute atomic E-state index is 0.0836. The van der Waals surface area contributed by atoms with E-state index in [1.165, 1.54) is 0 Å². The highest BCUT2D eigenvalue weighted by molar-refractivity contribution is 5.74. The number of hydrogen-bond donors (Lipinski definition) is 11. The third-order valence-electron chi connectivity index (χ3n) is 12.3. The Morgan fingerprint density at radius 2 is 1.17 bits per heavy atom. The predicted octanol–water partition coefficient (Wildman–Crippen LogP) is 0.451. The van der Waals surface area contributed by atoms with E-state index in [-0.39, 0.29) is 38.0 Å². The van der Waals surface area contributed by atoms with Gasteiger partial charge >= 0.3 is 11.9 Å². The van der Waals surface area contributed by atoms with Crippen molar-refractivity contribution in [3.05, 3.63) is 85.1 Å². The number of aliphatic hydroxyl groups excluding tert-OH is 10. The lowest BCUT2D eigenvalue weighted by Gasteiger charge is -2.44. The molecule has 2 fully saturated rings. The number of carbonyl (C=O) groups is 2. The highest BCUT2D eigenvalue weighted by Crippen LogP contribution is 2.34. The van der Waals surface area contributed by atoms with Crippen LogP contribution < -0.4 is 5.73 Å². The summed E-state index contributed by atoms with van der Waals surface area (Å²) in [7, 11) is 1.10. The van der Waals surface area contributed by atoms with Gasteiger partial charge in [-0.1, -0.05) is 98.9 Å². The molecule has 3 aliphatic rings. The maximum atomic E-state index is 13.1. The Hall–Kier alpha value is -3.44. The van der Waals surface area contributed by atoms with Crippen molar-refractivity contribution < 1.29 is 84.3 Å². The summed E-state index contributed by atoms with van der Waals surface area (Å²) in [5.74, 6) is -3.79. The van der Waals surface area contributed by atoms with Crippen molar-refractivity contribution >= 4 is 11.9 Å². The van der Waals surface area contributed by atoms with Gasteiger partial charge in [0.15, 0.2) is 6.29 Å². The van der Waals surface area contributed by atoms with Crippen molar-refractivity contribution in [3.63, 3.8) is 0 Å². The van der Waals surface area contributed by atoms with Crippen LogP contribution in [0.1, 0.15) is 72.6 Å². The van der Waals surface area contributed by atoms with Crippen LogP contribution in [0.15, 0.2) is 85.1 Å². The lowest BCUT2D eigenvalue weighted by atomic mass is 9.82. The largest absolute Gasteiger partial charge is 0.469 e. The number of ether oxygens (including phenoxy) is 5. The summed E-state index contributed by atoms with van der Waals surface area (Å²) in [6, 6.07) is -1.12. The number of cyclic esters (lactones) is 1. The Kier molecular flexibility index (Phi) is 24.8. The molecule has 12 N–H and O–H groups in total. The molecular formula is C48H75NO17.